The van der Waals surface area contributed by atoms with E-state index in [4.69, 9.17) is 15.2 Å². The predicted octanol–water partition coefficient (Wildman–Crippen LogP) is 2.54. The van der Waals surface area contributed by atoms with E-state index < -0.39 is 11.6 Å². The maximum absolute atomic E-state index is 11.9. The molecule has 94 valence electrons. The Morgan fingerprint density at radius 3 is 2.35 bits per heavy atom. The summed E-state index contributed by atoms with van der Waals surface area (Å²) in [7, 11) is 1.49. The monoisotopic (exact) mass is 237 g/mol. The number of esters is 1. The molecule has 0 bridgehead atoms. The van der Waals surface area contributed by atoms with Crippen molar-refractivity contribution in [2.24, 2.45) is 0 Å². The average Bonchev–Trinajstić information content (AvgIpc) is 2.19. The fourth-order valence-corrected chi connectivity index (χ4v) is 1.41. The van der Waals surface area contributed by atoms with Crippen LogP contribution in [0.15, 0.2) is 12.1 Å². The van der Waals surface area contributed by atoms with E-state index in [2.05, 4.69) is 0 Å². The van der Waals surface area contributed by atoms with Crippen LogP contribution in [-0.2, 0) is 4.74 Å². The molecule has 0 unspecified atom stereocenters. The zero-order valence-electron chi connectivity index (χ0n) is 11.0. The van der Waals surface area contributed by atoms with Crippen LogP contribution in [0.25, 0.3) is 0 Å². The molecule has 4 heteroatoms. The van der Waals surface area contributed by atoms with Crippen LogP contribution in [0.5, 0.6) is 5.75 Å². The number of nitrogens with two attached hydrogens (primary N) is 1. The minimum atomic E-state index is -0.540. The molecule has 0 spiro atoms. The molecule has 0 heterocycles. The summed E-state index contributed by atoms with van der Waals surface area (Å²) < 4.78 is 10.5. The maximum Gasteiger partial charge on any atom is 0.342 e. The van der Waals surface area contributed by atoms with Gasteiger partial charge in [-0.15, -0.1) is 0 Å². The molecule has 0 aliphatic heterocycles. The van der Waals surface area contributed by atoms with Gasteiger partial charge in [0, 0.05) is 0 Å². The molecule has 0 atom stereocenters. The lowest BCUT2D eigenvalue weighted by Crippen LogP contribution is -2.24. The maximum atomic E-state index is 11.9. The van der Waals surface area contributed by atoms with Crippen LogP contribution in [0, 0.1) is 6.92 Å². The van der Waals surface area contributed by atoms with Crippen molar-refractivity contribution in [3.63, 3.8) is 0 Å². The smallest absolute Gasteiger partial charge is 0.342 e. The summed E-state index contributed by atoms with van der Waals surface area (Å²) >= 11 is 0. The van der Waals surface area contributed by atoms with E-state index in [1.807, 2.05) is 27.7 Å². The fourth-order valence-electron chi connectivity index (χ4n) is 1.41. The minimum absolute atomic E-state index is 0.352. The predicted molar refractivity (Wildman–Crippen MR) is 67.3 cm³/mol. The summed E-state index contributed by atoms with van der Waals surface area (Å²) in [5.41, 5.74) is 7.01. The summed E-state index contributed by atoms with van der Waals surface area (Å²) in [5.74, 6) is -0.0553. The standard InChI is InChI=1S/C13H19NO3/c1-8-6-7-9(11(16-5)10(8)14)12(15)17-13(2,3)4/h6-7H,14H2,1-5H3. The summed E-state index contributed by atoms with van der Waals surface area (Å²) in [6, 6.07) is 3.44. The van der Waals surface area contributed by atoms with E-state index in [1.54, 1.807) is 12.1 Å². The number of anilines is 1. The molecule has 0 aliphatic carbocycles. The third kappa shape index (κ3) is 3.12. The number of methoxy groups -OCH3 is 1. The molecule has 0 aliphatic rings. The van der Waals surface area contributed by atoms with Gasteiger partial charge < -0.3 is 15.2 Å². The molecule has 0 aromatic heterocycles. The van der Waals surface area contributed by atoms with E-state index in [-0.39, 0.29) is 0 Å². The van der Waals surface area contributed by atoms with Crippen molar-refractivity contribution >= 4 is 11.7 Å². The Balaban J connectivity index is 3.14. The molecular formula is C13H19NO3. The molecule has 0 radical (unpaired) electrons. The SMILES string of the molecule is COc1c(C(=O)OC(C)(C)C)ccc(C)c1N. The summed E-state index contributed by atoms with van der Waals surface area (Å²) in [5, 5.41) is 0. The number of nitrogen functional groups attached to an aromatic ring is 1. The van der Waals surface area contributed by atoms with Crippen LogP contribution < -0.4 is 10.5 Å². The lowest BCUT2D eigenvalue weighted by atomic mass is 10.1. The van der Waals surface area contributed by atoms with Crippen LogP contribution >= 0.6 is 0 Å². The topological polar surface area (TPSA) is 61.5 Å². The third-order valence-electron chi connectivity index (χ3n) is 2.24. The van der Waals surface area contributed by atoms with Crippen molar-refractivity contribution in [2.45, 2.75) is 33.3 Å². The van der Waals surface area contributed by atoms with Gasteiger partial charge in [-0.1, -0.05) is 6.07 Å². The van der Waals surface area contributed by atoms with Crippen LogP contribution in [0.1, 0.15) is 36.7 Å². The molecule has 0 amide bonds. The van der Waals surface area contributed by atoms with Gasteiger partial charge in [-0.05, 0) is 39.3 Å². The average molecular weight is 237 g/mol. The van der Waals surface area contributed by atoms with Gasteiger partial charge in [0.2, 0.25) is 0 Å². The number of hydrogen-bond acceptors (Lipinski definition) is 4. The molecule has 0 fully saturated rings. The molecule has 1 aromatic rings. The van der Waals surface area contributed by atoms with Gasteiger partial charge in [0.25, 0.3) is 0 Å². The Labute approximate surface area is 102 Å². The Hall–Kier alpha value is -1.71. The quantitative estimate of drug-likeness (QED) is 0.634. The first-order valence-electron chi connectivity index (χ1n) is 5.42. The highest BCUT2D eigenvalue weighted by atomic mass is 16.6. The van der Waals surface area contributed by atoms with Gasteiger partial charge in [-0.25, -0.2) is 4.79 Å². The molecule has 17 heavy (non-hydrogen) atoms. The second-order valence-corrected chi connectivity index (χ2v) is 4.88. The van der Waals surface area contributed by atoms with E-state index >= 15 is 0 Å². The van der Waals surface area contributed by atoms with Gasteiger partial charge in [0.15, 0.2) is 5.75 Å². The number of carbonyl (C=O) groups is 1. The van der Waals surface area contributed by atoms with Crippen molar-refractivity contribution in [3.05, 3.63) is 23.3 Å². The molecule has 2 N–H and O–H groups in total. The van der Waals surface area contributed by atoms with E-state index in [9.17, 15) is 4.79 Å². The van der Waals surface area contributed by atoms with Crippen molar-refractivity contribution < 1.29 is 14.3 Å². The Kier molecular flexibility index (Phi) is 3.66. The van der Waals surface area contributed by atoms with E-state index in [1.165, 1.54) is 7.11 Å². The molecule has 1 rings (SSSR count). The van der Waals surface area contributed by atoms with Crippen molar-refractivity contribution in [3.8, 4) is 5.75 Å². The minimum Gasteiger partial charge on any atom is -0.494 e. The number of ether oxygens (including phenoxy) is 2. The Bertz CT molecular complexity index is 433. The van der Waals surface area contributed by atoms with Crippen LogP contribution in [-0.4, -0.2) is 18.7 Å². The van der Waals surface area contributed by atoms with Gasteiger partial charge in [0.1, 0.15) is 11.2 Å². The highest BCUT2D eigenvalue weighted by Crippen LogP contribution is 2.30. The molecular weight excluding hydrogens is 218 g/mol. The third-order valence-corrected chi connectivity index (χ3v) is 2.24. The molecule has 0 saturated heterocycles. The Morgan fingerprint density at radius 2 is 1.88 bits per heavy atom. The normalized spacial score (nSPS) is 11.1. The number of carbonyl (C=O) groups excluding carboxylic acids is 1. The first-order valence-corrected chi connectivity index (χ1v) is 5.42. The lowest BCUT2D eigenvalue weighted by Gasteiger charge is -2.21. The molecule has 4 nitrogen and oxygen atoms in total. The summed E-state index contributed by atoms with van der Waals surface area (Å²) in [6.07, 6.45) is 0. The lowest BCUT2D eigenvalue weighted by molar-refractivity contribution is 0.00666. The highest BCUT2D eigenvalue weighted by Gasteiger charge is 2.22. The zero-order chi connectivity index (χ0) is 13.2. The largest absolute Gasteiger partial charge is 0.494 e. The first kappa shape index (κ1) is 13.4. The highest BCUT2D eigenvalue weighted by molar-refractivity contribution is 5.95. The van der Waals surface area contributed by atoms with Crippen molar-refractivity contribution in [1.29, 1.82) is 0 Å². The van der Waals surface area contributed by atoms with Crippen molar-refractivity contribution in [1.82, 2.24) is 0 Å². The van der Waals surface area contributed by atoms with Gasteiger partial charge in [0.05, 0.1) is 12.8 Å². The summed E-state index contributed by atoms with van der Waals surface area (Å²) in [4.78, 5) is 11.9. The van der Waals surface area contributed by atoms with Gasteiger partial charge >= 0.3 is 5.97 Å². The number of benzene rings is 1. The zero-order valence-corrected chi connectivity index (χ0v) is 11.0. The van der Waals surface area contributed by atoms with Crippen LogP contribution in [0.4, 0.5) is 5.69 Å². The number of hydrogen-bond donors (Lipinski definition) is 1. The second kappa shape index (κ2) is 4.65. The van der Waals surface area contributed by atoms with E-state index in [0.29, 0.717) is 17.0 Å². The van der Waals surface area contributed by atoms with Crippen LogP contribution in [0.2, 0.25) is 0 Å². The molecule has 0 saturated carbocycles. The number of rotatable bonds is 2. The summed E-state index contributed by atoms with van der Waals surface area (Å²) in [6.45, 7) is 7.30. The van der Waals surface area contributed by atoms with E-state index in [0.717, 1.165) is 5.56 Å². The molecule has 1 aromatic carbocycles. The van der Waals surface area contributed by atoms with Crippen molar-refractivity contribution in [2.75, 3.05) is 12.8 Å². The fraction of sp³-hybridized carbons (Fsp3) is 0.462. The van der Waals surface area contributed by atoms with Gasteiger partial charge in [-0.3, -0.25) is 0 Å². The van der Waals surface area contributed by atoms with Gasteiger partial charge in [-0.2, -0.15) is 0 Å². The Morgan fingerprint density at radius 1 is 1.29 bits per heavy atom. The number of aryl methyl sites for hydroxylation is 1. The van der Waals surface area contributed by atoms with Crippen LogP contribution in [0.3, 0.4) is 0 Å². The first-order chi connectivity index (χ1) is 7.76. The second-order valence-electron chi connectivity index (χ2n) is 4.88.